The summed E-state index contributed by atoms with van der Waals surface area (Å²) in [7, 11) is 0. The van der Waals surface area contributed by atoms with Gasteiger partial charge in [-0.05, 0) is 31.2 Å². The number of aromatic nitrogens is 1. The number of ketones is 1. The average molecular weight is 409 g/mol. The number of carbonyl (C=O) groups excluding carboxylic acids is 3. The van der Waals surface area contributed by atoms with Crippen LogP contribution < -0.4 is 5.32 Å². The highest BCUT2D eigenvalue weighted by Gasteiger charge is 2.20. The quantitative estimate of drug-likeness (QED) is 0.376. The molecule has 7 heteroatoms. The van der Waals surface area contributed by atoms with Crippen molar-refractivity contribution in [1.29, 1.82) is 0 Å². The Balaban J connectivity index is 1.62. The Labute approximate surface area is 172 Å². The summed E-state index contributed by atoms with van der Waals surface area (Å²) in [5.41, 5.74) is 1.56. The summed E-state index contributed by atoms with van der Waals surface area (Å²) < 4.78 is 5.20. The molecule has 0 bridgehead atoms. The maximum Gasteiger partial charge on any atom is 0.338 e. The topological polar surface area (TPSA) is 85.4 Å². The van der Waals surface area contributed by atoms with Gasteiger partial charge >= 0.3 is 5.97 Å². The minimum atomic E-state index is -1.05. The van der Waals surface area contributed by atoms with Gasteiger partial charge < -0.3 is 10.1 Å². The number of hydrogen-bond acceptors (Lipinski definition) is 5. The molecule has 0 radical (unpaired) electrons. The number of esters is 1. The number of nitrogens with zero attached hydrogens (tertiary/aromatic N) is 1. The van der Waals surface area contributed by atoms with E-state index in [-0.39, 0.29) is 16.5 Å². The van der Waals surface area contributed by atoms with Crippen LogP contribution >= 0.6 is 11.6 Å². The Kier molecular flexibility index (Phi) is 6.36. The van der Waals surface area contributed by atoms with Crippen molar-refractivity contribution in [3.63, 3.8) is 0 Å². The van der Waals surface area contributed by atoms with E-state index >= 15 is 0 Å². The zero-order chi connectivity index (χ0) is 20.8. The van der Waals surface area contributed by atoms with Crippen LogP contribution in [0.1, 0.15) is 33.2 Å². The second-order valence-electron chi connectivity index (χ2n) is 6.15. The third kappa shape index (κ3) is 5.06. The lowest BCUT2D eigenvalue weighted by molar-refractivity contribution is -0.123. The molecule has 29 heavy (non-hydrogen) atoms. The average Bonchev–Trinajstić information content (AvgIpc) is 2.75. The van der Waals surface area contributed by atoms with E-state index < -0.39 is 18.0 Å². The van der Waals surface area contributed by atoms with Crippen molar-refractivity contribution in [3.8, 4) is 0 Å². The zero-order valence-corrected chi connectivity index (χ0v) is 16.2. The zero-order valence-electron chi connectivity index (χ0n) is 15.5. The number of pyridine rings is 1. The fourth-order valence-electron chi connectivity index (χ4n) is 2.51. The Bertz CT molecular complexity index is 1040. The number of anilines is 1. The molecule has 0 spiro atoms. The smallest absolute Gasteiger partial charge is 0.338 e. The van der Waals surface area contributed by atoms with Crippen molar-refractivity contribution in [2.24, 2.45) is 0 Å². The molecule has 0 fully saturated rings. The summed E-state index contributed by atoms with van der Waals surface area (Å²) in [4.78, 5) is 40.8. The fourth-order valence-corrected chi connectivity index (χ4v) is 2.68. The molecule has 0 saturated carbocycles. The number of ether oxygens (including phenoxy) is 1. The van der Waals surface area contributed by atoms with Gasteiger partial charge in [-0.2, -0.15) is 0 Å². The van der Waals surface area contributed by atoms with Crippen LogP contribution in [0.3, 0.4) is 0 Å². The van der Waals surface area contributed by atoms with Crippen molar-refractivity contribution in [2.45, 2.75) is 13.0 Å². The van der Waals surface area contributed by atoms with Crippen LogP contribution in [0.4, 0.5) is 5.69 Å². The lowest BCUT2D eigenvalue weighted by Crippen LogP contribution is -2.30. The number of carbonyl (C=O) groups is 3. The molecule has 3 rings (SSSR count). The van der Waals surface area contributed by atoms with Crippen LogP contribution in [0.5, 0.6) is 0 Å². The van der Waals surface area contributed by atoms with Gasteiger partial charge in [-0.3, -0.25) is 9.59 Å². The molecule has 1 atom stereocenters. The van der Waals surface area contributed by atoms with Crippen LogP contribution in [-0.2, 0) is 9.53 Å². The molecule has 0 saturated heterocycles. The Morgan fingerprint density at radius 3 is 2.17 bits per heavy atom. The second-order valence-corrected chi connectivity index (χ2v) is 6.51. The number of halogens is 1. The highest BCUT2D eigenvalue weighted by molar-refractivity contribution is 6.32. The molecular weight excluding hydrogens is 392 g/mol. The molecule has 0 aliphatic rings. The van der Waals surface area contributed by atoms with E-state index in [1.54, 1.807) is 48.5 Å². The lowest BCUT2D eigenvalue weighted by atomic mass is 10.0. The molecule has 0 unspecified atom stereocenters. The third-order valence-electron chi connectivity index (χ3n) is 4.09. The lowest BCUT2D eigenvalue weighted by Gasteiger charge is -2.14. The summed E-state index contributed by atoms with van der Waals surface area (Å²) >= 11 is 5.90. The SMILES string of the molecule is C[C@H](OC(=O)c1ccc(C(=O)c2ccccc2)cc1)C(=O)Nc1cccnc1Cl. The van der Waals surface area contributed by atoms with Crippen LogP contribution in [0.2, 0.25) is 5.15 Å². The summed E-state index contributed by atoms with van der Waals surface area (Å²) in [6, 6.07) is 18.1. The van der Waals surface area contributed by atoms with Gasteiger partial charge in [0.1, 0.15) is 0 Å². The molecule has 0 aliphatic carbocycles. The first-order valence-corrected chi connectivity index (χ1v) is 9.15. The maximum atomic E-state index is 12.4. The first-order valence-electron chi connectivity index (χ1n) is 8.78. The van der Waals surface area contributed by atoms with Crippen molar-refractivity contribution >= 4 is 34.9 Å². The van der Waals surface area contributed by atoms with Crippen molar-refractivity contribution in [3.05, 3.63) is 94.8 Å². The van der Waals surface area contributed by atoms with Crippen LogP contribution in [0, 0.1) is 0 Å². The molecule has 6 nitrogen and oxygen atoms in total. The van der Waals surface area contributed by atoms with Gasteiger partial charge in [0.05, 0.1) is 11.3 Å². The second kappa shape index (κ2) is 9.12. The van der Waals surface area contributed by atoms with E-state index in [0.29, 0.717) is 16.8 Å². The fraction of sp³-hybridized carbons (Fsp3) is 0.0909. The van der Waals surface area contributed by atoms with Crippen molar-refractivity contribution < 1.29 is 19.1 Å². The van der Waals surface area contributed by atoms with Crippen LogP contribution in [0.25, 0.3) is 0 Å². The Morgan fingerprint density at radius 1 is 0.897 bits per heavy atom. The van der Waals surface area contributed by atoms with Crippen molar-refractivity contribution in [1.82, 2.24) is 4.98 Å². The first-order chi connectivity index (χ1) is 14.0. The number of nitrogens with one attached hydrogen (secondary N) is 1. The van der Waals surface area contributed by atoms with Gasteiger partial charge in [0, 0.05) is 17.3 Å². The standard InChI is InChI=1S/C22H17ClN2O4/c1-14(21(27)25-18-8-5-13-24-20(18)23)29-22(28)17-11-9-16(10-12-17)19(26)15-6-3-2-4-7-15/h2-14H,1H3,(H,25,27)/t14-/m0/s1. The van der Waals surface area contributed by atoms with Crippen LogP contribution in [0.15, 0.2) is 72.9 Å². The predicted octanol–water partition coefficient (Wildman–Crippen LogP) is 4.15. The predicted molar refractivity (Wildman–Crippen MR) is 109 cm³/mol. The number of amides is 1. The summed E-state index contributed by atoms with van der Waals surface area (Å²) in [6.45, 7) is 1.45. The normalized spacial score (nSPS) is 11.4. The van der Waals surface area contributed by atoms with E-state index in [4.69, 9.17) is 16.3 Å². The molecule has 146 valence electrons. The molecule has 2 aromatic carbocycles. The van der Waals surface area contributed by atoms with Gasteiger partial charge in [0.25, 0.3) is 5.91 Å². The molecule has 1 N–H and O–H groups in total. The largest absolute Gasteiger partial charge is 0.449 e. The highest BCUT2D eigenvalue weighted by atomic mass is 35.5. The molecule has 3 aromatic rings. The van der Waals surface area contributed by atoms with E-state index in [1.807, 2.05) is 6.07 Å². The molecule has 1 aromatic heterocycles. The minimum Gasteiger partial charge on any atom is -0.449 e. The Hall–Kier alpha value is -3.51. The molecule has 1 amide bonds. The van der Waals surface area contributed by atoms with Gasteiger partial charge in [-0.25, -0.2) is 9.78 Å². The van der Waals surface area contributed by atoms with E-state index in [0.717, 1.165) is 0 Å². The van der Waals surface area contributed by atoms with Gasteiger partial charge in [0.2, 0.25) is 0 Å². The minimum absolute atomic E-state index is 0.137. The number of benzene rings is 2. The summed E-state index contributed by atoms with van der Waals surface area (Å²) in [5, 5.41) is 2.69. The van der Waals surface area contributed by atoms with E-state index in [2.05, 4.69) is 10.3 Å². The molecule has 1 heterocycles. The van der Waals surface area contributed by atoms with Crippen LogP contribution in [-0.4, -0.2) is 28.7 Å². The first kappa shape index (κ1) is 20.2. The van der Waals surface area contributed by atoms with Gasteiger partial charge in [-0.15, -0.1) is 0 Å². The summed E-state index contributed by atoms with van der Waals surface area (Å²) in [6.07, 6.45) is 0.442. The monoisotopic (exact) mass is 408 g/mol. The number of hydrogen-bond donors (Lipinski definition) is 1. The highest BCUT2D eigenvalue weighted by Crippen LogP contribution is 2.18. The summed E-state index contributed by atoms with van der Waals surface area (Å²) in [5.74, 6) is -1.36. The van der Waals surface area contributed by atoms with Gasteiger partial charge in [-0.1, -0.05) is 54.1 Å². The van der Waals surface area contributed by atoms with E-state index in [1.165, 1.54) is 25.3 Å². The molecular formula is C22H17ClN2O4. The third-order valence-corrected chi connectivity index (χ3v) is 4.39. The number of rotatable bonds is 6. The van der Waals surface area contributed by atoms with Crippen molar-refractivity contribution in [2.75, 3.05) is 5.32 Å². The van der Waals surface area contributed by atoms with Gasteiger partial charge in [0.15, 0.2) is 17.0 Å². The molecule has 0 aliphatic heterocycles. The Morgan fingerprint density at radius 2 is 1.52 bits per heavy atom. The van der Waals surface area contributed by atoms with E-state index in [9.17, 15) is 14.4 Å². The maximum absolute atomic E-state index is 12.4.